The molecule has 0 aromatic heterocycles. The number of hydrogen-bond acceptors (Lipinski definition) is 3. The number of carboxylic acids is 1. The first-order valence-corrected chi connectivity index (χ1v) is 5.78. The van der Waals surface area contributed by atoms with Gasteiger partial charge in [0, 0.05) is 19.9 Å². The van der Waals surface area contributed by atoms with Crippen LogP contribution in [-0.2, 0) is 14.4 Å². The van der Waals surface area contributed by atoms with Crippen molar-refractivity contribution in [2.24, 2.45) is 0 Å². The van der Waals surface area contributed by atoms with E-state index < -0.39 is 17.9 Å². The van der Waals surface area contributed by atoms with Gasteiger partial charge in [-0.3, -0.25) is 9.59 Å². The van der Waals surface area contributed by atoms with E-state index >= 15 is 0 Å². The van der Waals surface area contributed by atoms with E-state index in [-0.39, 0.29) is 12.5 Å². The Morgan fingerprint density at radius 2 is 2.12 bits per heavy atom. The maximum absolute atomic E-state index is 11.7. The van der Waals surface area contributed by atoms with Gasteiger partial charge in [-0.2, -0.15) is 0 Å². The van der Waals surface area contributed by atoms with Crippen molar-refractivity contribution in [2.45, 2.75) is 38.6 Å². The van der Waals surface area contributed by atoms with Gasteiger partial charge < -0.3 is 15.3 Å². The Hall–Kier alpha value is -1.59. The molecule has 0 saturated carbocycles. The fourth-order valence-electron chi connectivity index (χ4n) is 1.88. The lowest BCUT2D eigenvalue weighted by Crippen LogP contribution is -2.49. The van der Waals surface area contributed by atoms with Crippen molar-refractivity contribution < 1.29 is 19.5 Å². The van der Waals surface area contributed by atoms with Crippen LogP contribution in [0.1, 0.15) is 32.6 Å². The molecule has 1 atom stereocenters. The van der Waals surface area contributed by atoms with E-state index in [2.05, 4.69) is 5.32 Å². The largest absolute Gasteiger partial charge is 0.480 e. The third-order valence-electron chi connectivity index (χ3n) is 2.75. The number of nitrogens with zero attached hydrogens (tertiary/aromatic N) is 1. The third-order valence-corrected chi connectivity index (χ3v) is 2.75. The number of likely N-dealkylation sites (tertiary alicyclic amines) is 1. The van der Waals surface area contributed by atoms with Crippen LogP contribution in [0.25, 0.3) is 0 Å². The zero-order valence-electron chi connectivity index (χ0n) is 9.94. The fourth-order valence-corrected chi connectivity index (χ4v) is 1.88. The molecule has 2 amide bonds. The first-order valence-electron chi connectivity index (χ1n) is 5.78. The summed E-state index contributed by atoms with van der Waals surface area (Å²) < 4.78 is 0. The number of rotatable bonds is 4. The van der Waals surface area contributed by atoms with E-state index in [0.29, 0.717) is 13.0 Å². The minimum absolute atomic E-state index is 0.0286. The molecule has 17 heavy (non-hydrogen) atoms. The summed E-state index contributed by atoms with van der Waals surface area (Å²) in [6.45, 7) is 1.89. The molecular formula is C11H18N2O4. The number of nitrogens with one attached hydrogen (secondary N) is 1. The number of hydrogen-bond donors (Lipinski definition) is 2. The Labute approximate surface area is 100.0 Å². The van der Waals surface area contributed by atoms with E-state index in [9.17, 15) is 14.4 Å². The van der Waals surface area contributed by atoms with Gasteiger partial charge in [0.05, 0.1) is 6.54 Å². The highest BCUT2D eigenvalue weighted by atomic mass is 16.4. The molecule has 0 radical (unpaired) electrons. The van der Waals surface area contributed by atoms with Gasteiger partial charge in [-0.25, -0.2) is 4.79 Å². The van der Waals surface area contributed by atoms with Crippen molar-refractivity contribution in [3.63, 3.8) is 0 Å². The quantitative estimate of drug-likeness (QED) is 0.725. The number of aliphatic carboxylic acids is 1. The highest BCUT2D eigenvalue weighted by molar-refractivity contribution is 5.83. The molecule has 1 rings (SSSR count). The lowest BCUT2D eigenvalue weighted by Gasteiger charge is -2.24. The first kappa shape index (κ1) is 13.5. The lowest BCUT2D eigenvalue weighted by molar-refractivity contribution is -0.143. The second kappa shape index (κ2) is 6.22. The molecule has 1 fully saturated rings. The summed E-state index contributed by atoms with van der Waals surface area (Å²) in [5.41, 5.74) is 0. The normalized spacial score (nSPS) is 18.4. The van der Waals surface area contributed by atoms with Crippen molar-refractivity contribution in [3.05, 3.63) is 0 Å². The predicted octanol–water partition coefficient (Wildman–Crippen LogP) is -0.0217. The van der Waals surface area contributed by atoms with Gasteiger partial charge in [-0.15, -0.1) is 0 Å². The van der Waals surface area contributed by atoms with Crippen LogP contribution in [0.2, 0.25) is 0 Å². The first-order chi connectivity index (χ1) is 8.00. The molecule has 6 nitrogen and oxygen atoms in total. The molecule has 1 saturated heterocycles. The number of carboxylic acid groups (broad SMARTS) is 1. The van der Waals surface area contributed by atoms with Crippen LogP contribution in [0, 0.1) is 0 Å². The van der Waals surface area contributed by atoms with Gasteiger partial charge in [0.1, 0.15) is 6.04 Å². The number of amides is 2. The van der Waals surface area contributed by atoms with Crippen LogP contribution in [-0.4, -0.2) is 46.9 Å². The molecule has 0 aromatic carbocycles. The number of carbonyl (C=O) groups is 3. The van der Waals surface area contributed by atoms with Crippen molar-refractivity contribution >= 4 is 17.8 Å². The average Bonchev–Trinajstić information content (AvgIpc) is 2.42. The smallest absolute Gasteiger partial charge is 0.328 e. The Morgan fingerprint density at radius 3 is 2.71 bits per heavy atom. The molecule has 1 aliphatic rings. The Bertz CT molecular complexity index is 317. The van der Waals surface area contributed by atoms with Gasteiger partial charge in [0.25, 0.3) is 0 Å². The van der Waals surface area contributed by atoms with Crippen LogP contribution in [0.4, 0.5) is 0 Å². The molecule has 0 bridgehead atoms. The molecule has 0 aromatic rings. The van der Waals surface area contributed by atoms with Crippen molar-refractivity contribution in [3.8, 4) is 0 Å². The predicted molar refractivity (Wildman–Crippen MR) is 60.3 cm³/mol. The molecule has 1 heterocycles. The minimum atomic E-state index is -1.11. The van der Waals surface area contributed by atoms with Gasteiger partial charge in [-0.05, 0) is 12.8 Å². The summed E-state index contributed by atoms with van der Waals surface area (Å²) in [7, 11) is 0. The highest BCUT2D eigenvalue weighted by Gasteiger charge is 2.25. The van der Waals surface area contributed by atoms with E-state index in [0.717, 1.165) is 19.3 Å². The van der Waals surface area contributed by atoms with Gasteiger partial charge in [0.2, 0.25) is 11.8 Å². The van der Waals surface area contributed by atoms with Crippen LogP contribution in [0.15, 0.2) is 0 Å². The van der Waals surface area contributed by atoms with Crippen LogP contribution >= 0.6 is 0 Å². The molecule has 0 spiro atoms. The summed E-state index contributed by atoms with van der Waals surface area (Å²) >= 11 is 0. The maximum Gasteiger partial charge on any atom is 0.328 e. The monoisotopic (exact) mass is 242 g/mol. The van der Waals surface area contributed by atoms with Crippen molar-refractivity contribution in [2.75, 3.05) is 13.1 Å². The highest BCUT2D eigenvalue weighted by Crippen LogP contribution is 2.11. The number of carbonyl (C=O) groups excluding carboxylic acids is 2. The Kier molecular flexibility index (Phi) is 4.93. The molecule has 2 N–H and O–H groups in total. The van der Waals surface area contributed by atoms with Crippen LogP contribution in [0.3, 0.4) is 0 Å². The Balaban J connectivity index is 2.60. The maximum atomic E-state index is 11.7. The molecule has 0 aliphatic carbocycles. The summed E-state index contributed by atoms with van der Waals surface area (Å²) in [6.07, 6.45) is 3.19. The molecule has 6 heteroatoms. The second-order valence-electron chi connectivity index (χ2n) is 4.24. The zero-order valence-corrected chi connectivity index (χ0v) is 9.94. The van der Waals surface area contributed by atoms with Crippen molar-refractivity contribution in [1.82, 2.24) is 10.2 Å². The van der Waals surface area contributed by atoms with Crippen LogP contribution in [0.5, 0.6) is 0 Å². The summed E-state index contributed by atoms with van der Waals surface area (Å²) in [5, 5.41) is 11.3. The summed E-state index contributed by atoms with van der Waals surface area (Å²) in [4.78, 5) is 35.0. The third kappa shape index (κ3) is 4.42. The minimum Gasteiger partial charge on any atom is -0.480 e. The summed E-state index contributed by atoms with van der Waals surface area (Å²) in [6, 6.07) is -1.02. The fraction of sp³-hybridized carbons (Fsp3) is 0.727. The average molecular weight is 242 g/mol. The lowest BCUT2D eigenvalue weighted by atomic mass is 10.2. The molecule has 1 aliphatic heterocycles. The van der Waals surface area contributed by atoms with Crippen molar-refractivity contribution in [1.29, 1.82) is 0 Å². The van der Waals surface area contributed by atoms with Crippen LogP contribution < -0.4 is 5.32 Å². The van der Waals surface area contributed by atoms with E-state index in [1.807, 2.05) is 0 Å². The van der Waals surface area contributed by atoms with E-state index in [1.165, 1.54) is 11.8 Å². The molecule has 96 valence electrons. The van der Waals surface area contributed by atoms with E-state index in [4.69, 9.17) is 5.11 Å². The second-order valence-corrected chi connectivity index (χ2v) is 4.24. The van der Waals surface area contributed by atoms with Gasteiger partial charge in [0.15, 0.2) is 0 Å². The summed E-state index contributed by atoms with van der Waals surface area (Å²) in [5.74, 6) is -1.55. The van der Waals surface area contributed by atoms with Gasteiger partial charge >= 0.3 is 5.97 Å². The Morgan fingerprint density at radius 1 is 1.41 bits per heavy atom. The standard InChI is InChI=1S/C11H18N2O4/c1-8(14)12-9(11(16)17)7-13-6-4-2-3-5-10(13)15/h9H,2-7H2,1H3,(H,12,14)(H,16,17). The molecular weight excluding hydrogens is 224 g/mol. The van der Waals surface area contributed by atoms with E-state index in [1.54, 1.807) is 0 Å². The topological polar surface area (TPSA) is 86.7 Å². The zero-order chi connectivity index (χ0) is 12.8. The SMILES string of the molecule is CC(=O)NC(CN1CCCCCC1=O)C(=O)O. The van der Waals surface area contributed by atoms with Gasteiger partial charge in [-0.1, -0.05) is 6.42 Å². The molecule has 1 unspecified atom stereocenters.